The van der Waals surface area contributed by atoms with Gasteiger partial charge < -0.3 is 15.0 Å². The number of anilines is 1. The van der Waals surface area contributed by atoms with Gasteiger partial charge in [0.25, 0.3) is 0 Å². The van der Waals surface area contributed by atoms with Gasteiger partial charge in [0.15, 0.2) is 0 Å². The predicted octanol–water partition coefficient (Wildman–Crippen LogP) is 3.59. The average Bonchev–Trinajstić information content (AvgIpc) is 2.78. The number of nitrogens with one attached hydrogen (secondary N) is 1. The zero-order chi connectivity index (χ0) is 14.8. The molecule has 3 aromatic rings. The Hall–Kier alpha value is -2.26. The summed E-state index contributed by atoms with van der Waals surface area (Å²) in [6, 6.07) is 16.4. The summed E-state index contributed by atoms with van der Waals surface area (Å²) < 4.78 is 2.24. The fourth-order valence-corrected chi connectivity index (χ4v) is 2.85. The van der Waals surface area contributed by atoms with Crippen LogP contribution in [-0.2, 0) is 20.2 Å². The van der Waals surface area contributed by atoms with Crippen molar-refractivity contribution in [2.75, 3.05) is 5.32 Å². The van der Waals surface area contributed by atoms with Crippen LogP contribution in [0.1, 0.15) is 16.8 Å². The Labute approximate surface area is 124 Å². The van der Waals surface area contributed by atoms with Crippen LogP contribution < -0.4 is 5.32 Å². The summed E-state index contributed by atoms with van der Waals surface area (Å²) in [5.41, 5.74) is 5.82. The van der Waals surface area contributed by atoms with E-state index in [1.807, 2.05) is 24.3 Å². The second-order valence-electron chi connectivity index (χ2n) is 5.36. The van der Waals surface area contributed by atoms with Crippen molar-refractivity contribution in [3.63, 3.8) is 0 Å². The van der Waals surface area contributed by atoms with Crippen LogP contribution in [0.25, 0.3) is 10.9 Å². The second-order valence-corrected chi connectivity index (χ2v) is 5.36. The maximum absolute atomic E-state index is 9.20. The van der Waals surface area contributed by atoms with Gasteiger partial charge in [0.05, 0.1) is 13.2 Å². The third-order valence-electron chi connectivity index (χ3n) is 4.08. The highest BCUT2D eigenvalue weighted by Gasteiger charge is 2.10. The van der Waals surface area contributed by atoms with E-state index in [-0.39, 0.29) is 6.61 Å². The summed E-state index contributed by atoms with van der Waals surface area (Å²) in [6.07, 6.45) is 0. The van der Waals surface area contributed by atoms with Gasteiger partial charge in [-0.2, -0.15) is 0 Å². The molecule has 108 valence electrons. The Kier molecular flexibility index (Phi) is 3.67. The summed E-state index contributed by atoms with van der Waals surface area (Å²) in [6.45, 7) is 3.01. The number of aromatic nitrogens is 1. The highest BCUT2D eigenvalue weighted by molar-refractivity contribution is 5.85. The first-order chi connectivity index (χ1) is 10.2. The van der Waals surface area contributed by atoms with Crippen molar-refractivity contribution in [3.05, 3.63) is 65.4 Å². The van der Waals surface area contributed by atoms with Crippen molar-refractivity contribution in [3.8, 4) is 0 Å². The first kappa shape index (κ1) is 13.7. The summed E-state index contributed by atoms with van der Waals surface area (Å²) in [5, 5.41) is 14.0. The third-order valence-corrected chi connectivity index (χ3v) is 4.08. The van der Waals surface area contributed by atoms with Crippen LogP contribution in [0, 0.1) is 6.92 Å². The van der Waals surface area contributed by atoms with E-state index in [1.54, 1.807) is 0 Å². The monoisotopic (exact) mass is 280 g/mol. The van der Waals surface area contributed by atoms with E-state index in [9.17, 15) is 5.11 Å². The number of benzene rings is 2. The number of nitrogens with zero attached hydrogens (tertiary/aromatic N) is 1. The van der Waals surface area contributed by atoms with Gasteiger partial charge in [0.1, 0.15) is 0 Å². The van der Waals surface area contributed by atoms with Gasteiger partial charge in [-0.25, -0.2) is 0 Å². The number of aliphatic hydroxyl groups is 1. The highest BCUT2D eigenvalue weighted by atomic mass is 16.3. The van der Waals surface area contributed by atoms with Crippen molar-refractivity contribution < 1.29 is 5.11 Å². The highest BCUT2D eigenvalue weighted by Crippen LogP contribution is 2.25. The molecular formula is C18H20N2O. The van der Waals surface area contributed by atoms with Gasteiger partial charge in [-0.1, -0.05) is 30.3 Å². The van der Waals surface area contributed by atoms with E-state index in [4.69, 9.17) is 0 Å². The number of fused-ring (bicyclic) bond motifs is 1. The Bertz CT molecular complexity index is 735. The topological polar surface area (TPSA) is 37.2 Å². The molecule has 0 fully saturated rings. The maximum atomic E-state index is 9.20. The van der Waals surface area contributed by atoms with Crippen LogP contribution in [0.4, 0.5) is 5.69 Å². The zero-order valence-electron chi connectivity index (χ0n) is 12.4. The van der Waals surface area contributed by atoms with Crippen molar-refractivity contribution in [2.24, 2.45) is 7.05 Å². The van der Waals surface area contributed by atoms with Crippen molar-refractivity contribution >= 4 is 16.6 Å². The fraction of sp³-hybridized carbons (Fsp3) is 0.222. The molecule has 0 atom stereocenters. The van der Waals surface area contributed by atoms with Gasteiger partial charge in [0.2, 0.25) is 0 Å². The smallest absolute Gasteiger partial charge is 0.0682 e. The van der Waals surface area contributed by atoms with Crippen LogP contribution in [0.15, 0.2) is 48.5 Å². The molecule has 0 aliphatic rings. The minimum Gasteiger partial charge on any atom is -0.392 e. The molecule has 0 saturated carbocycles. The molecule has 2 N–H and O–H groups in total. The number of aryl methyl sites for hydroxylation is 2. The van der Waals surface area contributed by atoms with Gasteiger partial charge in [-0.05, 0) is 36.2 Å². The Morgan fingerprint density at radius 3 is 2.67 bits per heavy atom. The molecule has 1 aromatic heterocycles. The molecule has 3 heteroatoms. The molecule has 3 nitrogen and oxygen atoms in total. The fourth-order valence-electron chi connectivity index (χ4n) is 2.85. The molecule has 0 radical (unpaired) electrons. The van der Waals surface area contributed by atoms with Crippen LogP contribution >= 0.6 is 0 Å². The molecule has 3 rings (SSSR count). The normalized spacial score (nSPS) is 11.0. The molecule has 0 aliphatic heterocycles. The second kappa shape index (κ2) is 5.62. The molecule has 0 spiro atoms. The van der Waals surface area contributed by atoms with Crippen molar-refractivity contribution in [1.82, 2.24) is 4.57 Å². The van der Waals surface area contributed by atoms with Gasteiger partial charge in [0, 0.05) is 29.3 Å². The number of hydrogen-bond acceptors (Lipinski definition) is 2. The summed E-state index contributed by atoms with van der Waals surface area (Å²) >= 11 is 0. The van der Waals surface area contributed by atoms with Gasteiger partial charge in [-0.15, -0.1) is 0 Å². The van der Waals surface area contributed by atoms with Crippen LogP contribution in [-0.4, -0.2) is 9.67 Å². The Morgan fingerprint density at radius 1 is 1.10 bits per heavy atom. The lowest BCUT2D eigenvalue weighted by Crippen LogP contribution is -2.06. The Morgan fingerprint density at radius 2 is 1.90 bits per heavy atom. The van der Waals surface area contributed by atoms with Crippen molar-refractivity contribution in [2.45, 2.75) is 20.1 Å². The van der Waals surface area contributed by atoms with E-state index >= 15 is 0 Å². The van der Waals surface area contributed by atoms with E-state index < -0.39 is 0 Å². The van der Waals surface area contributed by atoms with Gasteiger partial charge in [-0.3, -0.25) is 0 Å². The molecule has 0 bridgehead atoms. The first-order valence-corrected chi connectivity index (χ1v) is 7.17. The lowest BCUT2D eigenvalue weighted by molar-refractivity contribution is 0.282. The van der Waals surface area contributed by atoms with Crippen LogP contribution in [0.2, 0.25) is 0 Å². The molecule has 0 unspecified atom stereocenters. The molecule has 0 amide bonds. The summed E-state index contributed by atoms with van der Waals surface area (Å²) in [5.74, 6) is 0. The number of rotatable bonds is 4. The lowest BCUT2D eigenvalue weighted by atomic mass is 10.1. The number of hydrogen-bond donors (Lipinski definition) is 2. The molecule has 0 aliphatic carbocycles. The predicted molar refractivity (Wildman–Crippen MR) is 87.3 cm³/mol. The van der Waals surface area contributed by atoms with E-state index in [0.29, 0.717) is 0 Å². The third kappa shape index (κ3) is 2.52. The maximum Gasteiger partial charge on any atom is 0.0682 e. The SMILES string of the molecule is Cc1c(CNc2cccc(CO)c2)n(C)c2ccccc12. The molecule has 2 aromatic carbocycles. The summed E-state index contributed by atoms with van der Waals surface area (Å²) in [7, 11) is 2.11. The minimum atomic E-state index is 0.0720. The zero-order valence-corrected chi connectivity index (χ0v) is 12.4. The average molecular weight is 280 g/mol. The molecular weight excluding hydrogens is 260 g/mol. The largest absolute Gasteiger partial charge is 0.392 e. The molecule has 21 heavy (non-hydrogen) atoms. The number of aliphatic hydroxyl groups excluding tert-OH is 1. The first-order valence-electron chi connectivity index (χ1n) is 7.17. The summed E-state index contributed by atoms with van der Waals surface area (Å²) in [4.78, 5) is 0. The van der Waals surface area contributed by atoms with Crippen molar-refractivity contribution in [1.29, 1.82) is 0 Å². The van der Waals surface area contributed by atoms with E-state index in [2.05, 4.69) is 48.1 Å². The standard InChI is InChI=1S/C18H20N2O/c1-13-16-8-3-4-9-17(16)20(2)18(13)11-19-15-7-5-6-14(10-15)12-21/h3-10,19,21H,11-12H2,1-2H3. The lowest BCUT2D eigenvalue weighted by Gasteiger charge is -2.10. The van der Waals surface area contributed by atoms with E-state index in [0.717, 1.165) is 17.8 Å². The number of para-hydroxylation sites is 1. The van der Waals surface area contributed by atoms with Crippen LogP contribution in [0.3, 0.4) is 0 Å². The minimum absolute atomic E-state index is 0.0720. The van der Waals surface area contributed by atoms with Crippen LogP contribution in [0.5, 0.6) is 0 Å². The molecule has 1 heterocycles. The van der Waals surface area contributed by atoms with Gasteiger partial charge >= 0.3 is 0 Å². The quantitative estimate of drug-likeness (QED) is 0.766. The van der Waals surface area contributed by atoms with E-state index in [1.165, 1.54) is 22.2 Å². The molecule has 0 saturated heterocycles. The Balaban J connectivity index is 1.88.